The van der Waals surface area contributed by atoms with Gasteiger partial charge in [-0.3, -0.25) is 14.4 Å². The number of rotatable bonds is 3. The number of carbonyl (C=O) groups excluding carboxylic acids is 3. The van der Waals surface area contributed by atoms with Crippen LogP contribution in [0.5, 0.6) is 11.5 Å². The maximum Gasteiger partial charge on any atom is 0.255 e. The number of Topliss-reactive ketones (excluding diaryl/α,β-unsaturated/α-hetero) is 2. The van der Waals surface area contributed by atoms with Gasteiger partial charge < -0.3 is 36.2 Å². The molecular weight excluding hydrogens is 480 g/mol. The van der Waals surface area contributed by atoms with Crippen molar-refractivity contribution in [1.29, 1.82) is 0 Å². The van der Waals surface area contributed by atoms with Gasteiger partial charge in [-0.1, -0.05) is 12.1 Å². The van der Waals surface area contributed by atoms with Gasteiger partial charge in [0.1, 0.15) is 28.6 Å². The molecule has 0 spiro atoms. The molecule has 37 heavy (non-hydrogen) atoms. The zero-order chi connectivity index (χ0) is 27.0. The number of aliphatic hydroxyl groups is 3. The predicted octanol–water partition coefficient (Wildman–Crippen LogP) is 1.86. The van der Waals surface area contributed by atoms with Crippen LogP contribution in [0.2, 0.25) is 0 Å². The molecule has 1 saturated carbocycles. The van der Waals surface area contributed by atoms with E-state index in [2.05, 4.69) is 0 Å². The van der Waals surface area contributed by atoms with Crippen LogP contribution in [-0.2, 0) is 20.8 Å². The Hall–Kier alpha value is -4.31. The fourth-order valence-electron chi connectivity index (χ4n) is 5.96. The Morgan fingerprint density at radius 2 is 1.78 bits per heavy atom. The van der Waals surface area contributed by atoms with E-state index < -0.39 is 52.0 Å². The number of hydrogen-bond acceptors (Lipinski definition) is 9. The summed E-state index contributed by atoms with van der Waals surface area (Å²) in [6.07, 6.45) is -0.106. The van der Waals surface area contributed by atoms with Crippen molar-refractivity contribution in [1.82, 2.24) is 0 Å². The molecule has 0 heterocycles. The number of amides is 1. The van der Waals surface area contributed by atoms with E-state index in [4.69, 9.17) is 5.73 Å². The average Bonchev–Trinajstić information content (AvgIpc) is 2.81. The third-order valence-electron chi connectivity index (χ3n) is 7.68. The Morgan fingerprint density at radius 1 is 1.08 bits per heavy atom. The number of fused-ring (bicyclic) bond motifs is 3. The lowest BCUT2D eigenvalue weighted by molar-refractivity contribution is -0.147. The number of anilines is 1. The lowest BCUT2D eigenvalue weighted by atomic mass is 9.59. The van der Waals surface area contributed by atoms with Crippen LogP contribution in [-0.4, -0.2) is 62.7 Å². The Balaban J connectivity index is 1.76. The van der Waals surface area contributed by atoms with Crippen molar-refractivity contribution in [2.45, 2.75) is 24.9 Å². The first-order chi connectivity index (χ1) is 17.4. The summed E-state index contributed by atoms with van der Waals surface area (Å²) in [7, 11) is 3.57. The standard InChI is InChI=1S/C27H26N2O8/c1-29(2)17-10-15(11-4-3-5-14(30)7-11)22(32)20-16(17)8-12-6-13-9-18(31)21(26(28)36)25(35)27(13,37)24(34)19(12)23(20)33/h3-5,7,10,12-13,30,32-33,35,37H,6,8-9H2,1-2H3,(H2,28,36)/t12-,13+,27+/m1/s1. The Morgan fingerprint density at radius 3 is 2.41 bits per heavy atom. The fraction of sp³-hybridized carbons (Fsp3) is 0.296. The number of nitrogens with zero attached hydrogens (tertiary/aromatic N) is 1. The van der Waals surface area contributed by atoms with Gasteiger partial charge in [0, 0.05) is 43.3 Å². The van der Waals surface area contributed by atoms with Gasteiger partial charge in [-0.15, -0.1) is 0 Å². The van der Waals surface area contributed by atoms with Gasteiger partial charge in [-0.25, -0.2) is 0 Å². The number of phenolic OH excluding ortho intramolecular Hbond substituents is 2. The minimum absolute atomic E-state index is 0.00308. The summed E-state index contributed by atoms with van der Waals surface area (Å²) in [6.45, 7) is 0. The highest BCUT2D eigenvalue weighted by atomic mass is 16.3. The van der Waals surface area contributed by atoms with E-state index in [1.165, 1.54) is 12.1 Å². The molecule has 0 saturated heterocycles. The normalized spacial score (nSPS) is 24.9. The van der Waals surface area contributed by atoms with Crippen LogP contribution in [0.25, 0.3) is 16.9 Å². The maximum atomic E-state index is 13.7. The monoisotopic (exact) mass is 506 g/mol. The van der Waals surface area contributed by atoms with Gasteiger partial charge in [-0.2, -0.15) is 0 Å². The molecular formula is C27H26N2O8. The van der Waals surface area contributed by atoms with Crippen LogP contribution < -0.4 is 10.6 Å². The van der Waals surface area contributed by atoms with Crippen LogP contribution in [0, 0.1) is 11.8 Å². The molecule has 0 radical (unpaired) electrons. The van der Waals surface area contributed by atoms with E-state index in [0.29, 0.717) is 22.4 Å². The molecule has 0 aliphatic heterocycles. The highest BCUT2D eigenvalue weighted by Crippen LogP contribution is 2.54. The van der Waals surface area contributed by atoms with Crippen molar-refractivity contribution in [3.63, 3.8) is 0 Å². The Bertz CT molecular complexity index is 1470. The number of phenols is 2. The number of benzene rings is 2. The minimum atomic E-state index is -2.61. The number of nitrogens with two attached hydrogens (primary N) is 1. The summed E-state index contributed by atoms with van der Waals surface area (Å²) < 4.78 is 0. The maximum absolute atomic E-state index is 13.7. The predicted molar refractivity (Wildman–Crippen MR) is 133 cm³/mol. The molecule has 0 bridgehead atoms. The molecule has 5 rings (SSSR count). The topological polar surface area (TPSA) is 182 Å². The zero-order valence-electron chi connectivity index (χ0n) is 20.1. The van der Waals surface area contributed by atoms with E-state index in [9.17, 15) is 39.9 Å². The van der Waals surface area contributed by atoms with E-state index in [0.717, 1.165) is 0 Å². The lowest BCUT2D eigenvalue weighted by Crippen LogP contribution is -2.58. The third kappa shape index (κ3) is 3.32. The summed E-state index contributed by atoms with van der Waals surface area (Å²) in [6, 6.07) is 7.91. The van der Waals surface area contributed by atoms with Crippen LogP contribution in [0.1, 0.15) is 24.0 Å². The number of aromatic hydroxyl groups is 2. The lowest BCUT2D eigenvalue weighted by Gasteiger charge is -2.46. The van der Waals surface area contributed by atoms with E-state index in [1.54, 1.807) is 37.2 Å². The van der Waals surface area contributed by atoms with E-state index >= 15 is 0 Å². The van der Waals surface area contributed by atoms with E-state index in [1.807, 2.05) is 0 Å². The van der Waals surface area contributed by atoms with Gasteiger partial charge in [0.05, 0.1) is 5.56 Å². The van der Waals surface area contributed by atoms with Crippen molar-refractivity contribution < 1.29 is 39.9 Å². The molecule has 1 amide bonds. The van der Waals surface area contributed by atoms with Crippen LogP contribution in [0.15, 0.2) is 47.2 Å². The second-order valence-electron chi connectivity index (χ2n) is 10.00. The van der Waals surface area contributed by atoms with E-state index in [-0.39, 0.29) is 41.9 Å². The molecule has 2 aromatic carbocycles. The second-order valence-corrected chi connectivity index (χ2v) is 10.00. The molecule has 10 nitrogen and oxygen atoms in total. The van der Waals surface area contributed by atoms with Crippen LogP contribution in [0.3, 0.4) is 0 Å². The van der Waals surface area contributed by atoms with Gasteiger partial charge in [0.25, 0.3) is 5.91 Å². The van der Waals surface area contributed by atoms with Crippen molar-refractivity contribution in [3.8, 4) is 22.6 Å². The minimum Gasteiger partial charge on any atom is -0.508 e. The SMILES string of the molecule is CN(C)c1cc(-c2cccc(O)c2)c(O)c2c1C[C@H]1C[C@H]3CC(=O)C(C(N)=O)=C(O)[C@@]3(O)C(=O)C1=C2O. The molecule has 7 N–H and O–H groups in total. The Labute approximate surface area is 211 Å². The smallest absolute Gasteiger partial charge is 0.255 e. The first-order valence-corrected chi connectivity index (χ1v) is 11.7. The zero-order valence-corrected chi connectivity index (χ0v) is 20.1. The molecule has 0 aromatic heterocycles. The molecule has 10 heteroatoms. The summed E-state index contributed by atoms with van der Waals surface area (Å²) in [5.41, 5.74) is 3.56. The molecule has 2 aromatic rings. The first-order valence-electron chi connectivity index (χ1n) is 11.7. The Kier molecular flexibility index (Phi) is 5.34. The van der Waals surface area contributed by atoms with Gasteiger partial charge in [0.15, 0.2) is 11.4 Å². The molecule has 192 valence electrons. The number of carbonyl (C=O) groups is 3. The van der Waals surface area contributed by atoms with Crippen LogP contribution >= 0.6 is 0 Å². The van der Waals surface area contributed by atoms with Gasteiger partial charge >= 0.3 is 0 Å². The highest BCUT2D eigenvalue weighted by molar-refractivity contribution is 6.22. The van der Waals surface area contributed by atoms with Crippen molar-refractivity contribution in [2.75, 3.05) is 19.0 Å². The molecule has 3 aliphatic carbocycles. The summed E-state index contributed by atoms with van der Waals surface area (Å²) in [4.78, 5) is 39.8. The van der Waals surface area contributed by atoms with Crippen molar-refractivity contribution in [2.24, 2.45) is 17.6 Å². The van der Waals surface area contributed by atoms with Gasteiger partial charge in [0.2, 0.25) is 5.78 Å². The van der Waals surface area contributed by atoms with Crippen LogP contribution in [0.4, 0.5) is 5.69 Å². The molecule has 0 unspecified atom stereocenters. The number of hydrogen-bond donors (Lipinski definition) is 6. The largest absolute Gasteiger partial charge is 0.508 e. The first kappa shape index (κ1) is 24.4. The molecule has 3 aliphatic rings. The highest BCUT2D eigenvalue weighted by Gasteiger charge is 2.60. The van der Waals surface area contributed by atoms with Crippen molar-refractivity contribution in [3.05, 3.63) is 58.4 Å². The number of ketones is 2. The fourth-order valence-corrected chi connectivity index (χ4v) is 5.96. The summed E-state index contributed by atoms with van der Waals surface area (Å²) >= 11 is 0. The molecule has 1 fully saturated rings. The summed E-state index contributed by atoms with van der Waals surface area (Å²) in [5, 5.41) is 54.8. The van der Waals surface area contributed by atoms with Gasteiger partial charge in [-0.05, 0) is 48.1 Å². The quantitative estimate of drug-likeness (QED) is 0.339. The average molecular weight is 507 g/mol. The van der Waals surface area contributed by atoms with Crippen molar-refractivity contribution >= 4 is 28.9 Å². The number of primary amides is 1. The number of aliphatic hydroxyl groups excluding tert-OH is 2. The third-order valence-corrected chi connectivity index (χ3v) is 7.68. The summed E-state index contributed by atoms with van der Waals surface area (Å²) in [5.74, 6) is -6.74. The molecule has 3 atom stereocenters. The second kappa shape index (κ2) is 8.10.